The number of nitrogens with one attached hydrogen (secondary N) is 1. The van der Waals surface area contributed by atoms with E-state index in [2.05, 4.69) is 17.3 Å². The Morgan fingerprint density at radius 3 is 2.92 bits per heavy atom. The molecule has 0 amide bonds. The lowest BCUT2D eigenvalue weighted by Gasteiger charge is -2.10. The molecular formula is C10H14N2O. The van der Waals surface area contributed by atoms with Gasteiger partial charge in [0.15, 0.2) is 0 Å². The number of nitrogens with two attached hydrogens (primary N) is 1. The molecule has 70 valence electrons. The zero-order valence-corrected chi connectivity index (χ0v) is 7.92. The van der Waals surface area contributed by atoms with Crippen molar-refractivity contribution in [2.24, 2.45) is 5.84 Å². The zero-order chi connectivity index (χ0) is 9.68. The van der Waals surface area contributed by atoms with E-state index in [1.807, 2.05) is 19.9 Å². The largest absolute Gasteiger partial charge is 0.467 e. The van der Waals surface area contributed by atoms with Crippen LogP contribution in [0.25, 0.3) is 0 Å². The van der Waals surface area contributed by atoms with Gasteiger partial charge in [-0.05, 0) is 25.5 Å². The molecule has 1 aromatic heterocycles. The summed E-state index contributed by atoms with van der Waals surface area (Å²) in [6, 6.07) is 1.90. The van der Waals surface area contributed by atoms with Crippen LogP contribution in [0, 0.1) is 18.8 Å². The Kier molecular flexibility index (Phi) is 3.56. The van der Waals surface area contributed by atoms with E-state index in [1.165, 1.54) is 0 Å². The summed E-state index contributed by atoms with van der Waals surface area (Å²) in [7, 11) is 0. The topological polar surface area (TPSA) is 51.2 Å². The summed E-state index contributed by atoms with van der Waals surface area (Å²) in [5.41, 5.74) is 3.78. The fraction of sp³-hybridized carbons (Fsp3) is 0.400. The van der Waals surface area contributed by atoms with Crippen LogP contribution in [0.1, 0.15) is 30.7 Å². The molecule has 1 rings (SSSR count). The van der Waals surface area contributed by atoms with Crippen molar-refractivity contribution in [2.75, 3.05) is 0 Å². The summed E-state index contributed by atoms with van der Waals surface area (Å²) in [5, 5.41) is 0. The highest BCUT2D eigenvalue weighted by Gasteiger charge is 2.13. The molecule has 1 unspecified atom stereocenters. The normalized spacial score (nSPS) is 11.9. The maximum atomic E-state index is 5.40. The molecule has 0 aliphatic heterocycles. The average molecular weight is 178 g/mol. The first-order chi connectivity index (χ1) is 6.29. The first-order valence-corrected chi connectivity index (χ1v) is 4.19. The molecule has 0 saturated carbocycles. The van der Waals surface area contributed by atoms with Crippen LogP contribution in [0.15, 0.2) is 16.7 Å². The number of furan rings is 1. The standard InChI is InChI=1S/C10H14N2O/c1-3-4-5-9(12-11)10-8(2)6-7-13-10/h6-7,9,12H,5,11H2,1-2H3. The van der Waals surface area contributed by atoms with Crippen LogP contribution in [0.4, 0.5) is 0 Å². The van der Waals surface area contributed by atoms with E-state index in [1.54, 1.807) is 6.26 Å². The van der Waals surface area contributed by atoms with Gasteiger partial charge in [-0.15, -0.1) is 11.8 Å². The van der Waals surface area contributed by atoms with Crippen LogP contribution in [-0.2, 0) is 0 Å². The highest BCUT2D eigenvalue weighted by Crippen LogP contribution is 2.20. The molecule has 1 heterocycles. The summed E-state index contributed by atoms with van der Waals surface area (Å²) in [6.45, 7) is 3.80. The van der Waals surface area contributed by atoms with Gasteiger partial charge in [-0.1, -0.05) is 0 Å². The van der Waals surface area contributed by atoms with E-state index in [-0.39, 0.29) is 6.04 Å². The van der Waals surface area contributed by atoms with E-state index in [4.69, 9.17) is 10.3 Å². The van der Waals surface area contributed by atoms with Crippen molar-refractivity contribution in [1.29, 1.82) is 0 Å². The van der Waals surface area contributed by atoms with Gasteiger partial charge in [0, 0.05) is 6.42 Å². The van der Waals surface area contributed by atoms with Gasteiger partial charge in [-0.2, -0.15) is 0 Å². The van der Waals surface area contributed by atoms with Crippen LogP contribution in [0.3, 0.4) is 0 Å². The fourth-order valence-corrected chi connectivity index (χ4v) is 1.17. The molecule has 1 aromatic rings. The van der Waals surface area contributed by atoms with Crippen molar-refractivity contribution in [3.05, 3.63) is 23.7 Å². The molecule has 0 aliphatic carbocycles. The third-order valence-electron chi connectivity index (χ3n) is 1.90. The van der Waals surface area contributed by atoms with Gasteiger partial charge >= 0.3 is 0 Å². The van der Waals surface area contributed by atoms with Crippen molar-refractivity contribution in [3.63, 3.8) is 0 Å². The Morgan fingerprint density at radius 2 is 2.46 bits per heavy atom. The molecule has 0 aromatic carbocycles. The SMILES string of the molecule is CC#CCC(NN)c1occc1C. The fourth-order valence-electron chi connectivity index (χ4n) is 1.17. The van der Waals surface area contributed by atoms with E-state index in [9.17, 15) is 0 Å². The monoisotopic (exact) mass is 178 g/mol. The van der Waals surface area contributed by atoms with E-state index in [0.717, 1.165) is 11.3 Å². The summed E-state index contributed by atoms with van der Waals surface area (Å²) in [5.74, 6) is 12.1. The predicted molar refractivity (Wildman–Crippen MR) is 51.6 cm³/mol. The first-order valence-electron chi connectivity index (χ1n) is 4.19. The quantitative estimate of drug-likeness (QED) is 0.419. The van der Waals surface area contributed by atoms with Crippen molar-refractivity contribution in [3.8, 4) is 11.8 Å². The second kappa shape index (κ2) is 4.70. The lowest BCUT2D eigenvalue weighted by molar-refractivity contribution is 0.420. The third kappa shape index (κ3) is 2.35. The number of aryl methyl sites for hydroxylation is 1. The Balaban J connectivity index is 2.76. The maximum Gasteiger partial charge on any atom is 0.125 e. The molecule has 0 bridgehead atoms. The molecule has 0 saturated heterocycles. The lowest BCUT2D eigenvalue weighted by atomic mass is 10.1. The first kappa shape index (κ1) is 9.85. The highest BCUT2D eigenvalue weighted by molar-refractivity contribution is 5.19. The maximum absolute atomic E-state index is 5.40. The third-order valence-corrected chi connectivity index (χ3v) is 1.90. The van der Waals surface area contributed by atoms with Gasteiger partial charge in [0.2, 0.25) is 0 Å². The van der Waals surface area contributed by atoms with Crippen LogP contribution in [0.5, 0.6) is 0 Å². The van der Waals surface area contributed by atoms with Gasteiger partial charge in [-0.3, -0.25) is 5.84 Å². The number of rotatable bonds is 3. The number of hydrazine groups is 1. The molecule has 0 fully saturated rings. The van der Waals surface area contributed by atoms with Crippen molar-refractivity contribution in [2.45, 2.75) is 26.3 Å². The van der Waals surface area contributed by atoms with Crippen molar-refractivity contribution in [1.82, 2.24) is 5.43 Å². The van der Waals surface area contributed by atoms with Crippen LogP contribution in [-0.4, -0.2) is 0 Å². The lowest BCUT2D eigenvalue weighted by Crippen LogP contribution is -2.27. The Bertz CT molecular complexity index is 319. The zero-order valence-electron chi connectivity index (χ0n) is 7.92. The molecule has 13 heavy (non-hydrogen) atoms. The van der Waals surface area contributed by atoms with Gasteiger partial charge in [0.25, 0.3) is 0 Å². The van der Waals surface area contributed by atoms with E-state index < -0.39 is 0 Å². The molecule has 0 radical (unpaired) electrons. The molecule has 3 heteroatoms. The molecule has 3 nitrogen and oxygen atoms in total. The van der Waals surface area contributed by atoms with Crippen LogP contribution in [0.2, 0.25) is 0 Å². The van der Waals surface area contributed by atoms with Gasteiger partial charge < -0.3 is 4.42 Å². The molecule has 0 spiro atoms. The molecule has 3 N–H and O–H groups in total. The number of hydrogen-bond acceptors (Lipinski definition) is 3. The Labute approximate surface area is 78.3 Å². The minimum absolute atomic E-state index is 0.0116. The van der Waals surface area contributed by atoms with Gasteiger partial charge in [-0.25, -0.2) is 5.43 Å². The summed E-state index contributed by atoms with van der Waals surface area (Å²) in [4.78, 5) is 0. The number of hydrogen-bond donors (Lipinski definition) is 2. The van der Waals surface area contributed by atoms with Crippen molar-refractivity contribution < 1.29 is 4.42 Å². The Morgan fingerprint density at radius 1 is 1.69 bits per heavy atom. The predicted octanol–water partition coefficient (Wildman–Crippen LogP) is 1.51. The minimum atomic E-state index is -0.0116. The minimum Gasteiger partial charge on any atom is -0.467 e. The van der Waals surface area contributed by atoms with Gasteiger partial charge in [0.05, 0.1) is 12.3 Å². The molecule has 0 aliphatic rings. The summed E-state index contributed by atoms with van der Waals surface area (Å²) in [6.07, 6.45) is 2.33. The molecular weight excluding hydrogens is 164 g/mol. The van der Waals surface area contributed by atoms with Gasteiger partial charge in [0.1, 0.15) is 5.76 Å². The second-order valence-electron chi connectivity index (χ2n) is 2.82. The van der Waals surface area contributed by atoms with Crippen LogP contribution < -0.4 is 11.3 Å². The average Bonchev–Trinajstić information content (AvgIpc) is 2.54. The Hall–Kier alpha value is -1.24. The van der Waals surface area contributed by atoms with E-state index in [0.29, 0.717) is 6.42 Å². The smallest absolute Gasteiger partial charge is 0.125 e. The summed E-state index contributed by atoms with van der Waals surface area (Å²) >= 11 is 0. The second-order valence-corrected chi connectivity index (χ2v) is 2.82. The molecule has 1 atom stereocenters. The van der Waals surface area contributed by atoms with Crippen molar-refractivity contribution >= 4 is 0 Å². The summed E-state index contributed by atoms with van der Waals surface area (Å²) < 4.78 is 5.30. The van der Waals surface area contributed by atoms with E-state index >= 15 is 0 Å². The highest BCUT2D eigenvalue weighted by atomic mass is 16.3. The van der Waals surface area contributed by atoms with Crippen LogP contribution >= 0.6 is 0 Å².